The van der Waals surface area contributed by atoms with Gasteiger partial charge in [-0.3, -0.25) is 9.78 Å². The number of methoxy groups -OCH3 is 1. The molecule has 1 N–H and O–H groups in total. The lowest BCUT2D eigenvalue weighted by atomic mass is 10.2. The normalized spacial score (nSPS) is 10.4. The van der Waals surface area contributed by atoms with E-state index in [0.29, 0.717) is 29.5 Å². The molecule has 0 aliphatic carbocycles. The Morgan fingerprint density at radius 2 is 1.96 bits per heavy atom. The molecule has 0 saturated carbocycles. The second-order valence-electron chi connectivity index (χ2n) is 5.58. The number of nitrogens with one attached hydrogen (secondary N) is 1. The molecular weight excluding hydrogens is 350 g/mol. The number of amides is 1. The molecule has 1 aromatic carbocycles. The molecule has 0 aliphatic rings. The highest BCUT2D eigenvalue weighted by Crippen LogP contribution is 2.29. The number of aromatic nitrogens is 2. The molecule has 134 valence electrons. The number of rotatable bonds is 7. The maximum Gasteiger partial charge on any atom is 0.263 e. The molecule has 0 fully saturated rings. The molecule has 0 atom stereocenters. The second-order valence-corrected chi connectivity index (χ2v) is 6.43. The molecule has 2 aromatic heterocycles. The molecule has 0 saturated heterocycles. The van der Waals surface area contributed by atoms with Crippen LogP contribution in [0.15, 0.2) is 48.2 Å². The number of pyridine rings is 1. The zero-order valence-electron chi connectivity index (χ0n) is 14.6. The molecule has 0 aliphatic heterocycles. The third-order valence-electron chi connectivity index (χ3n) is 3.78. The van der Waals surface area contributed by atoms with E-state index in [1.54, 1.807) is 25.0 Å². The summed E-state index contributed by atoms with van der Waals surface area (Å²) in [7, 11) is 1.59. The minimum absolute atomic E-state index is 0.123. The van der Waals surface area contributed by atoms with E-state index in [-0.39, 0.29) is 5.91 Å². The van der Waals surface area contributed by atoms with Crippen LogP contribution in [0, 0.1) is 6.92 Å². The lowest BCUT2D eigenvalue weighted by molar-refractivity contribution is 0.0954. The van der Waals surface area contributed by atoms with Crippen LogP contribution in [0.5, 0.6) is 11.5 Å². The maximum atomic E-state index is 12.2. The number of carbonyl (C=O) groups is 1. The van der Waals surface area contributed by atoms with E-state index in [9.17, 15) is 4.79 Å². The lowest BCUT2D eigenvalue weighted by Crippen LogP contribution is -2.22. The monoisotopic (exact) mass is 369 g/mol. The van der Waals surface area contributed by atoms with Gasteiger partial charge in [0, 0.05) is 18.9 Å². The van der Waals surface area contributed by atoms with Gasteiger partial charge in [0.15, 0.2) is 11.5 Å². The summed E-state index contributed by atoms with van der Waals surface area (Å²) in [6.45, 7) is 2.65. The average molecular weight is 369 g/mol. The van der Waals surface area contributed by atoms with Gasteiger partial charge >= 0.3 is 0 Å². The van der Waals surface area contributed by atoms with Gasteiger partial charge < -0.3 is 14.8 Å². The quantitative estimate of drug-likeness (QED) is 0.691. The minimum atomic E-state index is -0.123. The average Bonchev–Trinajstić information content (AvgIpc) is 3.11. The van der Waals surface area contributed by atoms with Crippen molar-refractivity contribution in [2.75, 3.05) is 7.11 Å². The molecule has 2 heterocycles. The Morgan fingerprint density at radius 1 is 1.15 bits per heavy atom. The summed E-state index contributed by atoms with van der Waals surface area (Å²) >= 11 is 1.34. The van der Waals surface area contributed by atoms with Crippen LogP contribution in [-0.2, 0) is 13.2 Å². The lowest BCUT2D eigenvalue weighted by Gasteiger charge is -2.12. The highest BCUT2D eigenvalue weighted by molar-refractivity contribution is 7.11. The fourth-order valence-corrected chi connectivity index (χ4v) is 3.08. The topological polar surface area (TPSA) is 73.3 Å². The number of benzene rings is 1. The molecule has 0 bridgehead atoms. The molecule has 0 spiro atoms. The molecule has 7 heteroatoms. The number of hydrogen-bond acceptors (Lipinski definition) is 6. The van der Waals surface area contributed by atoms with E-state index in [1.807, 2.05) is 37.3 Å². The molecular formula is C19H19N3O3S. The first kappa shape index (κ1) is 17.9. The van der Waals surface area contributed by atoms with Gasteiger partial charge in [-0.25, -0.2) is 4.98 Å². The van der Waals surface area contributed by atoms with Crippen molar-refractivity contribution >= 4 is 17.2 Å². The van der Waals surface area contributed by atoms with Crippen molar-refractivity contribution < 1.29 is 14.3 Å². The first-order valence-corrected chi connectivity index (χ1v) is 8.92. The van der Waals surface area contributed by atoms with E-state index in [1.165, 1.54) is 11.3 Å². The van der Waals surface area contributed by atoms with Gasteiger partial charge in [-0.05, 0) is 42.3 Å². The summed E-state index contributed by atoms with van der Waals surface area (Å²) in [5.74, 6) is 1.15. The Hall–Kier alpha value is -2.93. The van der Waals surface area contributed by atoms with E-state index < -0.39 is 0 Å². The van der Waals surface area contributed by atoms with Crippen LogP contribution in [-0.4, -0.2) is 23.0 Å². The van der Waals surface area contributed by atoms with Gasteiger partial charge in [-0.15, -0.1) is 11.3 Å². The van der Waals surface area contributed by atoms with E-state index in [2.05, 4.69) is 15.3 Å². The zero-order chi connectivity index (χ0) is 18.4. The van der Waals surface area contributed by atoms with Crippen molar-refractivity contribution in [1.82, 2.24) is 15.3 Å². The van der Waals surface area contributed by atoms with Crippen LogP contribution in [0.1, 0.15) is 26.5 Å². The summed E-state index contributed by atoms with van der Waals surface area (Å²) in [6, 6.07) is 9.42. The Morgan fingerprint density at radius 3 is 2.65 bits per heavy atom. The van der Waals surface area contributed by atoms with Crippen LogP contribution < -0.4 is 14.8 Å². The van der Waals surface area contributed by atoms with Gasteiger partial charge in [0.25, 0.3) is 5.91 Å². The first-order chi connectivity index (χ1) is 12.7. The Labute approximate surface area is 155 Å². The molecule has 6 nitrogen and oxygen atoms in total. The zero-order valence-corrected chi connectivity index (χ0v) is 15.4. The molecule has 1 amide bonds. The van der Waals surface area contributed by atoms with Crippen molar-refractivity contribution in [3.63, 3.8) is 0 Å². The van der Waals surface area contributed by atoms with Crippen molar-refractivity contribution in [2.45, 2.75) is 20.1 Å². The van der Waals surface area contributed by atoms with Gasteiger partial charge in [-0.1, -0.05) is 6.07 Å². The highest BCUT2D eigenvalue weighted by atomic mass is 32.1. The molecule has 3 rings (SSSR count). The van der Waals surface area contributed by atoms with Crippen LogP contribution in [0.25, 0.3) is 0 Å². The number of nitrogens with zero attached hydrogens (tertiary/aromatic N) is 2. The summed E-state index contributed by atoms with van der Waals surface area (Å²) in [5, 5.41) is 2.90. The third-order valence-corrected chi connectivity index (χ3v) is 4.70. The molecule has 3 aromatic rings. The Kier molecular flexibility index (Phi) is 5.80. The van der Waals surface area contributed by atoms with Crippen molar-refractivity contribution in [3.8, 4) is 11.5 Å². The fourth-order valence-electron chi connectivity index (χ4n) is 2.36. The third kappa shape index (κ3) is 4.37. The number of hydrogen-bond donors (Lipinski definition) is 1. The fraction of sp³-hybridized carbons (Fsp3) is 0.211. The number of aryl methyl sites for hydroxylation is 1. The largest absolute Gasteiger partial charge is 0.493 e. The standard InChI is InChI=1S/C19H19N3O3S/c1-13-18(26-12-22-13)19(23)21-10-15-3-4-16(17(9-15)24-2)25-11-14-5-7-20-8-6-14/h3-9,12H,10-11H2,1-2H3,(H,21,23). The van der Waals surface area contributed by atoms with Crippen molar-refractivity contribution in [1.29, 1.82) is 0 Å². The first-order valence-electron chi connectivity index (χ1n) is 8.04. The summed E-state index contributed by atoms with van der Waals surface area (Å²) in [6.07, 6.45) is 3.46. The summed E-state index contributed by atoms with van der Waals surface area (Å²) in [5.41, 5.74) is 4.36. The number of thiazole rings is 1. The van der Waals surface area contributed by atoms with Gasteiger partial charge in [-0.2, -0.15) is 0 Å². The predicted octanol–water partition coefficient (Wildman–Crippen LogP) is 3.36. The van der Waals surface area contributed by atoms with Crippen LogP contribution in [0.2, 0.25) is 0 Å². The van der Waals surface area contributed by atoms with E-state index >= 15 is 0 Å². The van der Waals surface area contributed by atoms with Gasteiger partial charge in [0.2, 0.25) is 0 Å². The minimum Gasteiger partial charge on any atom is -0.493 e. The van der Waals surface area contributed by atoms with E-state index in [0.717, 1.165) is 16.8 Å². The maximum absolute atomic E-state index is 12.2. The predicted molar refractivity (Wildman–Crippen MR) is 99.6 cm³/mol. The van der Waals surface area contributed by atoms with Gasteiger partial charge in [0.1, 0.15) is 11.5 Å². The number of carbonyl (C=O) groups excluding carboxylic acids is 1. The van der Waals surface area contributed by atoms with Crippen LogP contribution >= 0.6 is 11.3 Å². The highest BCUT2D eigenvalue weighted by Gasteiger charge is 2.12. The Bertz CT molecular complexity index is 881. The van der Waals surface area contributed by atoms with Crippen molar-refractivity contribution in [2.24, 2.45) is 0 Å². The molecule has 0 radical (unpaired) electrons. The molecule has 26 heavy (non-hydrogen) atoms. The Balaban J connectivity index is 1.62. The molecule has 0 unspecified atom stereocenters. The second kappa shape index (κ2) is 8.44. The summed E-state index contributed by atoms with van der Waals surface area (Å²) in [4.78, 5) is 20.9. The summed E-state index contributed by atoms with van der Waals surface area (Å²) < 4.78 is 11.2. The van der Waals surface area contributed by atoms with Crippen LogP contribution in [0.3, 0.4) is 0 Å². The number of ether oxygens (including phenoxy) is 2. The van der Waals surface area contributed by atoms with Gasteiger partial charge in [0.05, 0.1) is 18.3 Å². The van der Waals surface area contributed by atoms with Crippen LogP contribution in [0.4, 0.5) is 0 Å². The van der Waals surface area contributed by atoms with Crippen molar-refractivity contribution in [3.05, 3.63) is 69.9 Å². The smallest absolute Gasteiger partial charge is 0.263 e. The SMILES string of the molecule is COc1cc(CNC(=O)c2scnc2C)ccc1OCc1ccncc1. The van der Waals surface area contributed by atoms with E-state index in [4.69, 9.17) is 9.47 Å².